The van der Waals surface area contributed by atoms with E-state index in [4.69, 9.17) is 16.3 Å². The first-order chi connectivity index (χ1) is 8.60. The Morgan fingerprint density at radius 3 is 3.00 bits per heavy atom. The van der Waals surface area contributed by atoms with E-state index in [2.05, 4.69) is 10.6 Å². The number of nitrogens with one attached hydrogen (secondary N) is 2. The van der Waals surface area contributed by atoms with Crippen molar-refractivity contribution in [1.29, 1.82) is 0 Å². The lowest BCUT2D eigenvalue weighted by atomic mass is 10.2. The second-order valence-electron chi connectivity index (χ2n) is 4.21. The van der Waals surface area contributed by atoms with Gasteiger partial charge in [0.1, 0.15) is 5.75 Å². The lowest BCUT2D eigenvalue weighted by Crippen LogP contribution is -2.35. The lowest BCUT2D eigenvalue weighted by molar-refractivity contribution is -0.118. The molecule has 98 valence electrons. The SMILES string of the molecule is COC1CNC(C(=O)Nc2ccc(O)c(Cl)c2)C1. The molecule has 1 heterocycles. The molecule has 0 saturated carbocycles. The van der Waals surface area contributed by atoms with Crippen molar-refractivity contribution < 1.29 is 14.6 Å². The second kappa shape index (κ2) is 5.56. The summed E-state index contributed by atoms with van der Waals surface area (Å²) in [6.45, 7) is 0.672. The van der Waals surface area contributed by atoms with E-state index in [1.165, 1.54) is 12.1 Å². The number of amides is 1. The molecule has 0 aliphatic carbocycles. The second-order valence-corrected chi connectivity index (χ2v) is 4.62. The van der Waals surface area contributed by atoms with Gasteiger partial charge in [-0.3, -0.25) is 4.79 Å². The van der Waals surface area contributed by atoms with Crippen LogP contribution in [-0.2, 0) is 9.53 Å². The fourth-order valence-corrected chi connectivity index (χ4v) is 2.08. The van der Waals surface area contributed by atoms with Gasteiger partial charge in [-0.15, -0.1) is 0 Å². The third-order valence-corrected chi connectivity index (χ3v) is 3.26. The minimum atomic E-state index is -0.262. The molecule has 0 radical (unpaired) electrons. The molecule has 2 rings (SSSR count). The first-order valence-corrected chi connectivity index (χ1v) is 6.03. The summed E-state index contributed by atoms with van der Waals surface area (Å²) in [5.74, 6) is -0.135. The summed E-state index contributed by atoms with van der Waals surface area (Å²) in [6.07, 6.45) is 0.720. The molecule has 0 bridgehead atoms. The zero-order valence-corrected chi connectivity index (χ0v) is 10.7. The number of rotatable bonds is 3. The zero-order valence-electron chi connectivity index (χ0n) is 9.94. The molecular weight excluding hydrogens is 256 g/mol. The van der Waals surface area contributed by atoms with Gasteiger partial charge in [0.2, 0.25) is 5.91 Å². The lowest BCUT2D eigenvalue weighted by Gasteiger charge is -2.11. The van der Waals surface area contributed by atoms with Gasteiger partial charge in [-0.05, 0) is 24.6 Å². The van der Waals surface area contributed by atoms with Crippen molar-refractivity contribution >= 4 is 23.2 Å². The highest BCUT2D eigenvalue weighted by Crippen LogP contribution is 2.26. The molecular formula is C12H15ClN2O3. The number of phenolic OH excluding ortho intramolecular Hbond substituents is 1. The summed E-state index contributed by atoms with van der Waals surface area (Å²) < 4.78 is 5.18. The molecule has 2 atom stereocenters. The molecule has 2 unspecified atom stereocenters. The summed E-state index contributed by atoms with van der Waals surface area (Å²) in [6, 6.07) is 4.29. The number of carbonyl (C=O) groups is 1. The van der Waals surface area contributed by atoms with Crippen LogP contribution in [0, 0.1) is 0 Å². The largest absolute Gasteiger partial charge is 0.506 e. The highest BCUT2D eigenvalue weighted by molar-refractivity contribution is 6.32. The van der Waals surface area contributed by atoms with Crippen LogP contribution in [0.3, 0.4) is 0 Å². The summed E-state index contributed by atoms with van der Waals surface area (Å²) in [4.78, 5) is 11.9. The molecule has 1 aliphatic rings. The van der Waals surface area contributed by atoms with E-state index in [1.54, 1.807) is 13.2 Å². The molecule has 1 aromatic carbocycles. The molecule has 3 N–H and O–H groups in total. The van der Waals surface area contributed by atoms with Crippen LogP contribution in [0.2, 0.25) is 5.02 Å². The van der Waals surface area contributed by atoms with E-state index in [-0.39, 0.29) is 28.8 Å². The summed E-state index contributed by atoms with van der Waals surface area (Å²) in [5, 5.41) is 15.3. The van der Waals surface area contributed by atoms with Gasteiger partial charge in [0.05, 0.1) is 17.2 Å². The van der Waals surface area contributed by atoms with Crippen molar-refractivity contribution in [2.45, 2.75) is 18.6 Å². The Hall–Kier alpha value is -1.30. The van der Waals surface area contributed by atoms with Crippen molar-refractivity contribution in [3.8, 4) is 5.75 Å². The summed E-state index contributed by atoms with van der Waals surface area (Å²) in [7, 11) is 1.63. The number of anilines is 1. The monoisotopic (exact) mass is 270 g/mol. The van der Waals surface area contributed by atoms with E-state index in [1.807, 2.05) is 0 Å². The Bertz CT molecular complexity index is 453. The van der Waals surface area contributed by atoms with E-state index >= 15 is 0 Å². The van der Waals surface area contributed by atoms with Crippen molar-refractivity contribution in [3.63, 3.8) is 0 Å². The van der Waals surface area contributed by atoms with Gasteiger partial charge in [-0.2, -0.15) is 0 Å². The van der Waals surface area contributed by atoms with Crippen LogP contribution in [0.15, 0.2) is 18.2 Å². The van der Waals surface area contributed by atoms with E-state index in [0.717, 1.165) is 0 Å². The summed E-state index contributed by atoms with van der Waals surface area (Å²) >= 11 is 5.77. The number of ether oxygens (including phenoxy) is 1. The van der Waals surface area contributed by atoms with Gasteiger partial charge < -0.3 is 20.5 Å². The van der Waals surface area contributed by atoms with Gasteiger partial charge in [-0.1, -0.05) is 11.6 Å². The van der Waals surface area contributed by atoms with Gasteiger partial charge in [0, 0.05) is 19.3 Å². The van der Waals surface area contributed by atoms with Gasteiger partial charge in [-0.25, -0.2) is 0 Å². The van der Waals surface area contributed by atoms with Crippen molar-refractivity contribution in [2.75, 3.05) is 19.0 Å². The van der Waals surface area contributed by atoms with Crippen LogP contribution in [-0.4, -0.2) is 36.8 Å². The van der Waals surface area contributed by atoms with Gasteiger partial charge in [0.25, 0.3) is 0 Å². The predicted octanol–water partition coefficient (Wildman–Crippen LogP) is 1.36. The number of aromatic hydroxyl groups is 1. The topological polar surface area (TPSA) is 70.6 Å². The molecule has 0 spiro atoms. The Kier molecular flexibility index (Phi) is 4.06. The molecule has 5 nitrogen and oxygen atoms in total. The van der Waals surface area contributed by atoms with Crippen LogP contribution >= 0.6 is 11.6 Å². The highest BCUT2D eigenvalue weighted by atomic mass is 35.5. The summed E-state index contributed by atoms with van der Waals surface area (Å²) in [5.41, 5.74) is 0.561. The number of halogens is 1. The minimum Gasteiger partial charge on any atom is -0.506 e. The molecule has 6 heteroatoms. The number of benzene rings is 1. The predicted molar refractivity (Wildman–Crippen MR) is 69.0 cm³/mol. The van der Waals surface area contributed by atoms with Crippen molar-refractivity contribution in [1.82, 2.24) is 5.32 Å². The number of carbonyl (C=O) groups excluding carboxylic acids is 1. The fourth-order valence-electron chi connectivity index (χ4n) is 1.90. The minimum absolute atomic E-state index is 0.00639. The first kappa shape index (κ1) is 13.1. The van der Waals surface area contributed by atoms with E-state index < -0.39 is 0 Å². The fraction of sp³-hybridized carbons (Fsp3) is 0.417. The maximum absolute atomic E-state index is 11.9. The number of hydrogen-bond donors (Lipinski definition) is 3. The Balaban J connectivity index is 1.97. The van der Waals surface area contributed by atoms with Crippen LogP contribution in [0.1, 0.15) is 6.42 Å². The molecule has 0 aromatic heterocycles. The first-order valence-electron chi connectivity index (χ1n) is 5.65. The maximum atomic E-state index is 11.9. The average molecular weight is 271 g/mol. The molecule has 1 saturated heterocycles. The van der Waals surface area contributed by atoms with E-state index in [9.17, 15) is 9.90 Å². The zero-order chi connectivity index (χ0) is 13.1. The maximum Gasteiger partial charge on any atom is 0.241 e. The highest BCUT2D eigenvalue weighted by Gasteiger charge is 2.29. The Morgan fingerprint density at radius 1 is 1.61 bits per heavy atom. The van der Waals surface area contributed by atoms with Crippen LogP contribution in [0.4, 0.5) is 5.69 Å². The number of hydrogen-bond acceptors (Lipinski definition) is 4. The third-order valence-electron chi connectivity index (χ3n) is 2.96. The van der Waals surface area contributed by atoms with Crippen LogP contribution in [0.5, 0.6) is 5.75 Å². The molecule has 1 amide bonds. The van der Waals surface area contributed by atoms with Crippen molar-refractivity contribution in [2.24, 2.45) is 0 Å². The standard InChI is InChI=1S/C12H15ClN2O3/c1-18-8-5-10(14-6-8)12(17)15-7-2-3-11(16)9(13)4-7/h2-4,8,10,14,16H,5-6H2,1H3,(H,15,17). The van der Waals surface area contributed by atoms with Gasteiger partial charge >= 0.3 is 0 Å². The van der Waals surface area contributed by atoms with Crippen LogP contribution in [0.25, 0.3) is 0 Å². The molecule has 1 aromatic rings. The number of methoxy groups -OCH3 is 1. The Morgan fingerprint density at radius 2 is 2.39 bits per heavy atom. The number of phenols is 1. The van der Waals surface area contributed by atoms with Crippen molar-refractivity contribution in [3.05, 3.63) is 23.2 Å². The van der Waals surface area contributed by atoms with Gasteiger partial charge in [0.15, 0.2) is 0 Å². The molecule has 18 heavy (non-hydrogen) atoms. The molecule has 1 aliphatic heterocycles. The molecule has 1 fully saturated rings. The third kappa shape index (κ3) is 2.93. The smallest absolute Gasteiger partial charge is 0.241 e. The quantitative estimate of drug-likeness (QED) is 0.726. The average Bonchev–Trinajstić information content (AvgIpc) is 2.82. The Labute approximate surface area is 110 Å². The normalized spacial score (nSPS) is 23.0. The van der Waals surface area contributed by atoms with E-state index in [0.29, 0.717) is 18.7 Å². The van der Waals surface area contributed by atoms with Crippen LogP contribution < -0.4 is 10.6 Å².